The number of rotatable bonds is 4. The zero-order valence-electron chi connectivity index (χ0n) is 13.2. The van der Waals surface area contributed by atoms with E-state index < -0.39 is 0 Å². The van der Waals surface area contributed by atoms with Gasteiger partial charge in [0, 0.05) is 31.8 Å². The minimum Gasteiger partial charge on any atom is -0.381 e. The lowest BCUT2D eigenvalue weighted by atomic mass is 9.72. The van der Waals surface area contributed by atoms with E-state index in [9.17, 15) is 0 Å². The highest BCUT2D eigenvalue weighted by molar-refractivity contribution is 4.89. The van der Waals surface area contributed by atoms with Crippen LogP contribution in [-0.2, 0) is 4.74 Å². The molecule has 0 aromatic carbocycles. The zero-order chi connectivity index (χ0) is 13.8. The third kappa shape index (κ3) is 3.93. The summed E-state index contributed by atoms with van der Waals surface area (Å²) in [4.78, 5) is 2.60. The van der Waals surface area contributed by atoms with Gasteiger partial charge in [-0.2, -0.15) is 0 Å². The summed E-state index contributed by atoms with van der Waals surface area (Å²) in [5.41, 5.74) is 0. The van der Waals surface area contributed by atoms with Gasteiger partial charge in [0.15, 0.2) is 0 Å². The van der Waals surface area contributed by atoms with Crippen LogP contribution in [0.4, 0.5) is 0 Å². The molecule has 4 unspecified atom stereocenters. The van der Waals surface area contributed by atoms with Gasteiger partial charge in [0.25, 0.3) is 0 Å². The van der Waals surface area contributed by atoms with E-state index in [4.69, 9.17) is 4.74 Å². The van der Waals surface area contributed by atoms with Crippen molar-refractivity contribution in [3.05, 3.63) is 0 Å². The van der Waals surface area contributed by atoms with Gasteiger partial charge in [0.2, 0.25) is 0 Å². The van der Waals surface area contributed by atoms with Crippen LogP contribution in [0, 0.1) is 17.8 Å². The molecule has 0 bridgehead atoms. The highest BCUT2D eigenvalue weighted by Gasteiger charge is 2.34. The molecule has 2 rings (SSSR count). The van der Waals surface area contributed by atoms with Crippen molar-refractivity contribution in [3.8, 4) is 0 Å². The van der Waals surface area contributed by atoms with E-state index >= 15 is 0 Å². The zero-order valence-corrected chi connectivity index (χ0v) is 13.2. The fourth-order valence-corrected chi connectivity index (χ4v) is 4.16. The number of hydrogen-bond acceptors (Lipinski definition) is 3. The van der Waals surface area contributed by atoms with Crippen LogP contribution in [0.5, 0.6) is 0 Å². The van der Waals surface area contributed by atoms with E-state index in [1.807, 2.05) is 0 Å². The van der Waals surface area contributed by atoms with Gasteiger partial charge in [-0.05, 0) is 57.5 Å². The molecule has 0 radical (unpaired) electrons. The molecule has 0 aromatic rings. The lowest BCUT2D eigenvalue weighted by Crippen LogP contribution is -2.49. The molecular weight excluding hydrogens is 236 g/mol. The Kier molecular flexibility index (Phi) is 5.67. The minimum absolute atomic E-state index is 0.695. The van der Waals surface area contributed by atoms with E-state index in [1.165, 1.54) is 32.2 Å². The third-order valence-corrected chi connectivity index (χ3v) is 5.36. The summed E-state index contributed by atoms with van der Waals surface area (Å²) < 4.78 is 5.48. The molecule has 2 aliphatic rings. The molecule has 1 aliphatic heterocycles. The first kappa shape index (κ1) is 15.3. The number of nitrogens with one attached hydrogen (secondary N) is 1. The van der Waals surface area contributed by atoms with E-state index in [2.05, 4.69) is 38.2 Å². The van der Waals surface area contributed by atoms with Gasteiger partial charge in [-0.25, -0.2) is 0 Å². The normalized spacial score (nSPS) is 37.7. The summed E-state index contributed by atoms with van der Waals surface area (Å²) in [6.45, 7) is 7.98. The molecule has 0 spiro atoms. The molecule has 1 saturated heterocycles. The molecule has 1 N–H and O–H groups in total. The maximum atomic E-state index is 5.48. The molecule has 112 valence electrons. The smallest absolute Gasteiger partial charge is 0.0480 e. The largest absolute Gasteiger partial charge is 0.381 e. The van der Waals surface area contributed by atoms with E-state index in [1.54, 1.807) is 0 Å². The molecule has 1 aliphatic carbocycles. The van der Waals surface area contributed by atoms with Crippen molar-refractivity contribution < 1.29 is 4.74 Å². The Labute approximate surface area is 119 Å². The summed E-state index contributed by atoms with van der Waals surface area (Å²) in [6, 6.07) is 1.43. The molecule has 19 heavy (non-hydrogen) atoms. The predicted molar refractivity (Wildman–Crippen MR) is 80.4 cm³/mol. The second kappa shape index (κ2) is 7.05. The number of ether oxygens (including phenoxy) is 1. The van der Waals surface area contributed by atoms with Crippen LogP contribution in [0.25, 0.3) is 0 Å². The van der Waals surface area contributed by atoms with Gasteiger partial charge >= 0.3 is 0 Å². The number of nitrogens with zero attached hydrogens (tertiary/aromatic N) is 1. The first-order chi connectivity index (χ1) is 9.11. The highest BCUT2D eigenvalue weighted by atomic mass is 16.5. The van der Waals surface area contributed by atoms with Gasteiger partial charge in [-0.15, -0.1) is 0 Å². The quantitative estimate of drug-likeness (QED) is 0.847. The Bertz CT molecular complexity index is 265. The third-order valence-electron chi connectivity index (χ3n) is 5.36. The minimum atomic E-state index is 0.695. The van der Waals surface area contributed by atoms with Crippen molar-refractivity contribution in [1.29, 1.82) is 0 Å². The molecule has 1 saturated carbocycles. The molecule has 4 atom stereocenters. The summed E-state index contributed by atoms with van der Waals surface area (Å²) in [6.07, 6.45) is 5.15. The molecule has 0 aromatic heterocycles. The molecule has 1 heterocycles. The average molecular weight is 268 g/mol. The van der Waals surface area contributed by atoms with Crippen molar-refractivity contribution in [2.45, 2.75) is 51.6 Å². The van der Waals surface area contributed by atoms with Crippen molar-refractivity contribution in [2.75, 3.05) is 33.9 Å². The molecular formula is C16H32N2O. The van der Waals surface area contributed by atoms with Crippen LogP contribution in [-0.4, -0.2) is 50.8 Å². The van der Waals surface area contributed by atoms with Gasteiger partial charge in [0.05, 0.1) is 0 Å². The summed E-state index contributed by atoms with van der Waals surface area (Å²) in [5, 5.41) is 3.57. The SMILES string of the molecule is CNC1CC(C)CC(C)C1CN(C)C1CCOCC1. The molecule has 3 nitrogen and oxygen atoms in total. The maximum Gasteiger partial charge on any atom is 0.0480 e. The highest BCUT2D eigenvalue weighted by Crippen LogP contribution is 2.34. The van der Waals surface area contributed by atoms with Crippen LogP contribution in [0.2, 0.25) is 0 Å². The number of hydrogen-bond donors (Lipinski definition) is 1. The van der Waals surface area contributed by atoms with Gasteiger partial charge in [-0.3, -0.25) is 0 Å². The van der Waals surface area contributed by atoms with Gasteiger partial charge in [0.1, 0.15) is 0 Å². The van der Waals surface area contributed by atoms with Crippen LogP contribution in [0.3, 0.4) is 0 Å². The molecule has 0 amide bonds. The Hall–Kier alpha value is -0.120. The monoisotopic (exact) mass is 268 g/mol. The standard InChI is InChI=1S/C16H32N2O/c1-12-9-13(2)15(16(10-12)17-3)11-18(4)14-5-7-19-8-6-14/h12-17H,5-11H2,1-4H3. The topological polar surface area (TPSA) is 24.5 Å². The Morgan fingerprint density at radius 3 is 2.47 bits per heavy atom. The second-order valence-corrected chi connectivity index (χ2v) is 6.90. The van der Waals surface area contributed by atoms with Crippen LogP contribution >= 0.6 is 0 Å². The first-order valence-corrected chi connectivity index (χ1v) is 8.07. The Balaban J connectivity index is 1.91. The van der Waals surface area contributed by atoms with E-state index in [0.29, 0.717) is 6.04 Å². The summed E-state index contributed by atoms with van der Waals surface area (Å²) >= 11 is 0. The van der Waals surface area contributed by atoms with E-state index in [0.717, 1.165) is 37.0 Å². The lowest BCUT2D eigenvalue weighted by Gasteiger charge is -2.43. The fraction of sp³-hybridized carbons (Fsp3) is 1.00. The predicted octanol–water partition coefficient (Wildman–Crippen LogP) is 2.37. The lowest BCUT2D eigenvalue weighted by molar-refractivity contribution is 0.0254. The fourth-order valence-electron chi connectivity index (χ4n) is 4.16. The van der Waals surface area contributed by atoms with Crippen LogP contribution in [0.15, 0.2) is 0 Å². The van der Waals surface area contributed by atoms with E-state index in [-0.39, 0.29) is 0 Å². The van der Waals surface area contributed by atoms with Crippen LogP contribution < -0.4 is 5.32 Å². The van der Waals surface area contributed by atoms with Gasteiger partial charge in [-0.1, -0.05) is 13.8 Å². The van der Waals surface area contributed by atoms with Crippen molar-refractivity contribution in [2.24, 2.45) is 17.8 Å². The average Bonchev–Trinajstić information content (AvgIpc) is 2.42. The summed E-state index contributed by atoms with van der Waals surface area (Å²) in [7, 11) is 4.45. The summed E-state index contributed by atoms with van der Waals surface area (Å²) in [5.74, 6) is 2.51. The van der Waals surface area contributed by atoms with Crippen molar-refractivity contribution in [1.82, 2.24) is 10.2 Å². The molecule has 2 fully saturated rings. The van der Waals surface area contributed by atoms with Crippen molar-refractivity contribution in [3.63, 3.8) is 0 Å². The van der Waals surface area contributed by atoms with Crippen LogP contribution in [0.1, 0.15) is 39.5 Å². The van der Waals surface area contributed by atoms with Gasteiger partial charge < -0.3 is 15.0 Å². The van der Waals surface area contributed by atoms with Crippen molar-refractivity contribution >= 4 is 0 Å². The second-order valence-electron chi connectivity index (χ2n) is 6.90. The maximum absolute atomic E-state index is 5.48. The molecule has 3 heteroatoms. The Morgan fingerprint density at radius 2 is 1.84 bits per heavy atom. The Morgan fingerprint density at radius 1 is 1.16 bits per heavy atom. The first-order valence-electron chi connectivity index (χ1n) is 8.07.